The van der Waals surface area contributed by atoms with Gasteiger partial charge >= 0.3 is 0 Å². The number of aliphatic hydroxyl groups is 1. The van der Waals surface area contributed by atoms with E-state index in [1.165, 1.54) is 19.1 Å². The van der Waals surface area contributed by atoms with Gasteiger partial charge in [-0.1, -0.05) is 31.2 Å². The van der Waals surface area contributed by atoms with Gasteiger partial charge < -0.3 is 24.6 Å². The van der Waals surface area contributed by atoms with Crippen LogP contribution in [0.4, 0.5) is 4.39 Å². The van der Waals surface area contributed by atoms with Crippen molar-refractivity contribution in [1.82, 2.24) is 5.32 Å². The van der Waals surface area contributed by atoms with Gasteiger partial charge in [0, 0.05) is 18.2 Å². The number of aliphatic hydroxyl groups excluding tert-OH is 1. The van der Waals surface area contributed by atoms with Crippen molar-refractivity contribution in [3.05, 3.63) is 59.1 Å². The van der Waals surface area contributed by atoms with Crippen molar-refractivity contribution in [3.8, 4) is 0 Å². The molecule has 0 aliphatic carbocycles. The zero-order chi connectivity index (χ0) is 22.6. The van der Waals surface area contributed by atoms with Crippen LogP contribution in [0.1, 0.15) is 30.6 Å². The number of benzene rings is 1. The maximum Gasteiger partial charge on any atom is 0.278 e. The van der Waals surface area contributed by atoms with Gasteiger partial charge in [-0.25, -0.2) is 4.39 Å². The molecule has 3 aliphatic heterocycles. The Labute approximate surface area is 177 Å². The average molecular weight is 431 g/mol. The number of hydrogen-bond donors (Lipinski definition) is 2. The van der Waals surface area contributed by atoms with E-state index >= 15 is 0 Å². The number of nitrogens with one attached hydrogen (secondary N) is 1. The van der Waals surface area contributed by atoms with Gasteiger partial charge in [-0.05, 0) is 25.5 Å². The second kappa shape index (κ2) is 7.37. The third-order valence-electron chi connectivity index (χ3n) is 5.82. The molecule has 5 atom stereocenters. The molecule has 1 amide bonds. The number of epoxide rings is 1. The molecule has 4 rings (SSSR count). The number of amides is 1. The third-order valence-corrected chi connectivity index (χ3v) is 5.82. The summed E-state index contributed by atoms with van der Waals surface area (Å²) in [6.07, 6.45) is 1.61. The molecule has 0 bridgehead atoms. The molecule has 31 heavy (non-hydrogen) atoms. The van der Waals surface area contributed by atoms with Gasteiger partial charge in [0.1, 0.15) is 23.8 Å². The van der Waals surface area contributed by atoms with E-state index in [-0.39, 0.29) is 23.0 Å². The van der Waals surface area contributed by atoms with E-state index in [0.29, 0.717) is 0 Å². The molecule has 1 spiro atoms. The summed E-state index contributed by atoms with van der Waals surface area (Å²) in [5.41, 5.74) is -4.76. The summed E-state index contributed by atoms with van der Waals surface area (Å²) in [7, 11) is 1.09. The number of carbonyl (C=O) groups is 3. The second-order valence-electron chi connectivity index (χ2n) is 7.65. The molecule has 164 valence electrons. The lowest BCUT2D eigenvalue weighted by atomic mass is 9.85. The highest BCUT2D eigenvalue weighted by molar-refractivity contribution is 6.23. The van der Waals surface area contributed by atoms with E-state index in [4.69, 9.17) is 14.2 Å². The molecule has 9 heteroatoms. The molecule has 3 heterocycles. The molecule has 8 nitrogen and oxygen atoms in total. The Morgan fingerprint density at radius 2 is 2.13 bits per heavy atom. The number of ketones is 2. The van der Waals surface area contributed by atoms with Gasteiger partial charge in [-0.2, -0.15) is 0 Å². The Kier molecular flexibility index (Phi) is 5.07. The summed E-state index contributed by atoms with van der Waals surface area (Å²) in [6, 6.07) is 4.71. The van der Waals surface area contributed by atoms with Gasteiger partial charge in [-0.15, -0.1) is 0 Å². The smallest absolute Gasteiger partial charge is 0.278 e. The highest BCUT2D eigenvalue weighted by Crippen LogP contribution is 2.47. The predicted octanol–water partition coefficient (Wildman–Crippen LogP) is 1.19. The Morgan fingerprint density at radius 1 is 1.39 bits per heavy atom. The Hall–Kier alpha value is -2.88. The van der Waals surface area contributed by atoms with Gasteiger partial charge in [-0.3, -0.25) is 14.4 Å². The van der Waals surface area contributed by atoms with Crippen molar-refractivity contribution in [3.63, 3.8) is 0 Å². The summed E-state index contributed by atoms with van der Waals surface area (Å²) in [4.78, 5) is 39.3. The lowest BCUT2D eigenvalue weighted by Gasteiger charge is -2.32. The minimum absolute atomic E-state index is 0.122. The predicted molar refractivity (Wildman–Crippen MR) is 104 cm³/mol. The number of halogens is 1. The Morgan fingerprint density at radius 3 is 2.77 bits per heavy atom. The van der Waals surface area contributed by atoms with Crippen molar-refractivity contribution in [1.29, 1.82) is 0 Å². The van der Waals surface area contributed by atoms with E-state index in [0.717, 1.165) is 25.7 Å². The summed E-state index contributed by atoms with van der Waals surface area (Å²) < 4.78 is 30.2. The number of carbonyl (C=O) groups excluding carboxylic acids is 3. The van der Waals surface area contributed by atoms with E-state index in [1.54, 1.807) is 0 Å². The minimum Gasteiger partial charge on any atom is -0.467 e. The molecule has 0 unspecified atom stereocenters. The first-order valence-electron chi connectivity index (χ1n) is 9.85. The highest BCUT2D eigenvalue weighted by Gasteiger charge is 2.74. The molecule has 2 fully saturated rings. The van der Waals surface area contributed by atoms with Crippen LogP contribution in [0.5, 0.6) is 0 Å². The van der Waals surface area contributed by atoms with Crippen LogP contribution in [0.25, 0.3) is 0 Å². The number of ether oxygens (including phenoxy) is 3. The first-order chi connectivity index (χ1) is 14.7. The summed E-state index contributed by atoms with van der Waals surface area (Å²) in [5.74, 6) is -3.27. The SMILES string of the molecule is CC/C=C\[C@@H]1O[C@@H]1C1=C(C)C(=O)[C@]2(O1)C(=O)N[C@@](OC)(C(=O)c1cccc(F)c1)[C@@H]2O. The van der Waals surface area contributed by atoms with Crippen LogP contribution in [0.15, 0.2) is 47.7 Å². The van der Waals surface area contributed by atoms with Crippen LogP contribution in [-0.2, 0) is 23.8 Å². The van der Waals surface area contributed by atoms with Gasteiger partial charge in [0.05, 0.1) is 0 Å². The van der Waals surface area contributed by atoms with Crippen molar-refractivity contribution in [2.45, 2.75) is 49.9 Å². The topological polar surface area (TPSA) is 114 Å². The highest BCUT2D eigenvalue weighted by atomic mass is 19.1. The van der Waals surface area contributed by atoms with Crippen molar-refractivity contribution in [2.24, 2.45) is 0 Å². The van der Waals surface area contributed by atoms with Crippen LogP contribution >= 0.6 is 0 Å². The van der Waals surface area contributed by atoms with Crippen LogP contribution < -0.4 is 5.32 Å². The number of rotatable bonds is 6. The van der Waals surface area contributed by atoms with E-state index in [1.807, 2.05) is 19.1 Å². The maximum atomic E-state index is 13.6. The molecule has 0 saturated carbocycles. The molecule has 2 N–H and O–H groups in total. The zero-order valence-corrected chi connectivity index (χ0v) is 17.2. The summed E-state index contributed by atoms with van der Waals surface area (Å²) in [5, 5.41) is 13.4. The number of methoxy groups -OCH3 is 1. The van der Waals surface area contributed by atoms with Gasteiger partial charge in [0.2, 0.25) is 17.3 Å². The molecule has 1 aromatic carbocycles. The second-order valence-corrected chi connectivity index (χ2v) is 7.65. The lowest BCUT2D eigenvalue weighted by molar-refractivity contribution is -0.160. The fourth-order valence-corrected chi connectivity index (χ4v) is 4.06. The van der Waals surface area contributed by atoms with Crippen LogP contribution in [0.2, 0.25) is 0 Å². The normalized spacial score (nSPS) is 34.5. The van der Waals surface area contributed by atoms with E-state index < -0.39 is 46.8 Å². The van der Waals surface area contributed by atoms with Crippen LogP contribution in [0.3, 0.4) is 0 Å². The third kappa shape index (κ3) is 2.95. The van der Waals surface area contributed by atoms with Crippen molar-refractivity contribution in [2.75, 3.05) is 7.11 Å². The Bertz CT molecular complexity index is 1030. The van der Waals surface area contributed by atoms with Crippen molar-refractivity contribution >= 4 is 17.5 Å². The molecule has 2 saturated heterocycles. The average Bonchev–Trinajstić information content (AvgIpc) is 3.43. The van der Waals surface area contributed by atoms with Crippen molar-refractivity contribution < 1.29 is 38.1 Å². The van der Waals surface area contributed by atoms with Gasteiger partial charge in [0.25, 0.3) is 11.5 Å². The molecule has 0 aromatic heterocycles. The van der Waals surface area contributed by atoms with Crippen LogP contribution in [0, 0.1) is 5.82 Å². The maximum absolute atomic E-state index is 13.6. The quantitative estimate of drug-likeness (QED) is 0.301. The first-order valence-corrected chi connectivity index (χ1v) is 9.85. The number of Topliss-reactive ketones (excluding diaryl/α,β-unsaturated/α-hetero) is 2. The number of allylic oxidation sites excluding steroid dienone is 1. The summed E-state index contributed by atoms with van der Waals surface area (Å²) >= 11 is 0. The molecule has 3 aliphatic rings. The summed E-state index contributed by atoms with van der Waals surface area (Å²) in [6.45, 7) is 3.43. The number of hydrogen-bond acceptors (Lipinski definition) is 7. The van der Waals surface area contributed by atoms with Crippen LogP contribution in [-0.4, -0.2) is 59.3 Å². The fraction of sp³-hybridized carbons (Fsp3) is 0.409. The lowest BCUT2D eigenvalue weighted by Crippen LogP contribution is -2.60. The first kappa shape index (κ1) is 21.4. The monoisotopic (exact) mass is 431 g/mol. The molecular formula is C22H22FNO7. The van der Waals surface area contributed by atoms with E-state index in [2.05, 4.69) is 5.32 Å². The molecular weight excluding hydrogens is 409 g/mol. The molecule has 0 radical (unpaired) electrons. The zero-order valence-electron chi connectivity index (χ0n) is 17.2. The Balaban J connectivity index is 1.68. The van der Waals surface area contributed by atoms with E-state index in [9.17, 15) is 23.9 Å². The largest absolute Gasteiger partial charge is 0.467 e. The fourth-order valence-electron chi connectivity index (χ4n) is 4.06. The van der Waals surface area contributed by atoms with Gasteiger partial charge in [0.15, 0.2) is 6.10 Å². The standard InChI is InChI=1S/C22H22FNO7/c1-4-5-9-14-16(30-14)15-11(2)17(25)21(31-15)19(27)22(29-3,24-20(21)28)18(26)12-7-6-8-13(23)10-12/h5-10,14,16,19,27H,4H2,1-3H3,(H,24,28)/b9-5-/t14-,16-,19+,21+,22+/m0/s1. The molecule has 1 aromatic rings. The minimum atomic E-state index is -2.40.